The maximum Gasteiger partial charge on any atom is 0.321 e. The number of benzene rings is 2. The Balaban J connectivity index is 1.73. The first-order valence-electron chi connectivity index (χ1n) is 10.0. The summed E-state index contributed by atoms with van der Waals surface area (Å²) in [6.07, 6.45) is 3.57. The van der Waals surface area contributed by atoms with Crippen LogP contribution in [0.1, 0.15) is 5.56 Å². The van der Waals surface area contributed by atoms with Gasteiger partial charge in [0.2, 0.25) is 0 Å². The highest BCUT2D eigenvalue weighted by Crippen LogP contribution is 2.31. The van der Waals surface area contributed by atoms with E-state index in [4.69, 9.17) is 9.47 Å². The molecule has 3 aromatic rings. The molecule has 0 saturated heterocycles. The second-order valence-corrected chi connectivity index (χ2v) is 7.49. The first-order valence-corrected chi connectivity index (χ1v) is 10.0. The van der Waals surface area contributed by atoms with Crippen molar-refractivity contribution in [1.82, 2.24) is 20.0 Å². The van der Waals surface area contributed by atoms with Gasteiger partial charge in [0.15, 0.2) is 0 Å². The van der Waals surface area contributed by atoms with Gasteiger partial charge in [-0.2, -0.15) is 5.10 Å². The minimum absolute atomic E-state index is 0.226. The normalized spacial score (nSPS) is 10.7. The highest BCUT2D eigenvalue weighted by molar-refractivity contribution is 5.91. The van der Waals surface area contributed by atoms with Gasteiger partial charge in [-0.05, 0) is 49.5 Å². The van der Waals surface area contributed by atoms with Crippen LogP contribution in [0.3, 0.4) is 0 Å². The summed E-state index contributed by atoms with van der Waals surface area (Å²) in [6, 6.07) is 13.1. The van der Waals surface area contributed by atoms with E-state index in [1.807, 2.05) is 67.7 Å². The van der Waals surface area contributed by atoms with Crippen molar-refractivity contribution in [3.05, 3.63) is 60.4 Å². The Hall–Kier alpha value is -3.52. The van der Waals surface area contributed by atoms with E-state index in [1.165, 1.54) is 0 Å². The molecule has 0 bridgehead atoms. The van der Waals surface area contributed by atoms with E-state index in [0.717, 1.165) is 29.0 Å². The number of H-pyrrole nitrogens is 1. The van der Waals surface area contributed by atoms with Crippen molar-refractivity contribution in [1.29, 1.82) is 0 Å². The fourth-order valence-electron chi connectivity index (χ4n) is 3.00. The summed E-state index contributed by atoms with van der Waals surface area (Å²) in [5, 5.41) is 9.78. The number of rotatable bonds is 9. The van der Waals surface area contributed by atoms with Gasteiger partial charge >= 0.3 is 6.03 Å². The monoisotopic (exact) mass is 423 g/mol. The summed E-state index contributed by atoms with van der Waals surface area (Å²) in [6.45, 7) is 1.72. The Bertz CT molecular complexity index is 989. The van der Waals surface area contributed by atoms with Gasteiger partial charge in [0.25, 0.3) is 0 Å². The lowest BCUT2D eigenvalue weighted by molar-refractivity contribution is 0.220. The van der Waals surface area contributed by atoms with Crippen LogP contribution >= 0.6 is 0 Å². The van der Waals surface area contributed by atoms with Crippen molar-refractivity contribution >= 4 is 11.7 Å². The molecule has 0 radical (unpaired) electrons. The molecule has 3 rings (SSSR count). The topological polar surface area (TPSA) is 82.7 Å². The molecule has 0 spiro atoms. The fraction of sp³-hybridized carbons (Fsp3) is 0.304. The standard InChI is InChI=1S/C23H29N5O3/c1-27(2)10-11-31-22-13-18(19-14-24-25-15-19)8-9-21(22)26-23(29)28(3)16-17-6-5-7-20(12-17)30-4/h5-9,12-15H,10-11,16H2,1-4H3,(H,24,25)(H,26,29). The van der Waals surface area contributed by atoms with E-state index in [9.17, 15) is 4.79 Å². The van der Waals surface area contributed by atoms with E-state index in [2.05, 4.69) is 15.5 Å². The van der Waals surface area contributed by atoms with Crippen LogP contribution in [0.2, 0.25) is 0 Å². The molecule has 8 nitrogen and oxygen atoms in total. The summed E-state index contributed by atoms with van der Waals surface area (Å²) in [4.78, 5) is 16.5. The molecule has 2 N–H and O–H groups in total. The molecule has 0 fully saturated rings. The molecule has 164 valence electrons. The number of hydrogen-bond acceptors (Lipinski definition) is 5. The number of aromatic nitrogens is 2. The van der Waals surface area contributed by atoms with Gasteiger partial charge in [-0.25, -0.2) is 4.79 Å². The third-order valence-electron chi connectivity index (χ3n) is 4.75. The van der Waals surface area contributed by atoms with Crippen molar-refractivity contribution in [2.24, 2.45) is 0 Å². The van der Waals surface area contributed by atoms with Crippen molar-refractivity contribution in [3.8, 4) is 22.6 Å². The fourth-order valence-corrected chi connectivity index (χ4v) is 3.00. The van der Waals surface area contributed by atoms with Gasteiger partial charge in [-0.3, -0.25) is 5.10 Å². The number of amides is 2. The first-order chi connectivity index (χ1) is 15.0. The summed E-state index contributed by atoms with van der Waals surface area (Å²) in [5.74, 6) is 1.38. The van der Waals surface area contributed by atoms with Gasteiger partial charge < -0.3 is 24.6 Å². The quantitative estimate of drug-likeness (QED) is 0.549. The van der Waals surface area contributed by atoms with Crippen molar-refractivity contribution in [2.45, 2.75) is 6.54 Å². The minimum atomic E-state index is -0.226. The molecule has 2 aromatic carbocycles. The zero-order chi connectivity index (χ0) is 22.2. The largest absolute Gasteiger partial charge is 0.497 e. The second kappa shape index (κ2) is 10.5. The van der Waals surface area contributed by atoms with Gasteiger partial charge in [-0.15, -0.1) is 0 Å². The van der Waals surface area contributed by atoms with E-state index in [1.54, 1.807) is 25.3 Å². The molecule has 0 aliphatic carbocycles. The van der Waals surface area contributed by atoms with E-state index in [-0.39, 0.29) is 6.03 Å². The molecule has 1 heterocycles. The Labute approximate surface area is 182 Å². The predicted octanol–water partition coefficient (Wildman–Crippen LogP) is 3.69. The number of anilines is 1. The molecule has 2 amide bonds. The maximum absolute atomic E-state index is 12.8. The van der Waals surface area contributed by atoms with Crippen molar-refractivity contribution < 1.29 is 14.3 Å². The Morgan fingerprint density at radius 2 is 1.97 bits per heavy atom. The minimum Gasteiger partial charge on any atom is -0.497 e. The SMILES string of the molecule is COc1cccc(CN(C)C(=O)Nc2ccc(-c3cn[nH]c3)cc2OCCN(C)C)c1. The average Bonchev–Trinajstić information content (AvgIpc) is 3.29. The number of nitrogens with one attached hydrogen (secondary N) is 2. The zero-order valence-corrected chi connectivity index (χ0v) is 18.4. The van der Waals surface area contributed by atoms with Gasteiger partial charge in [-0.1, -0.05) is 18.2 Å². The van der Waals surface area contributed by atoms with Crippen LogP contribution in [0.5, 0.6) is 11.5 Å². The Morgan fingerprint density at radius 1 is 1.13 bits per heavy atom. The number of hydrogen-bond donors (Lipinski definition) is 2. The average molecular weight is 424 g/mol. The van der Waals surface area contributed by atoms with Crippen LogP contribution in [0, 0.1) is 0 Å². The Morgan fingerprint density at radius 3 is 2.68 bits per heavy atom. The molecule has 0 unspecified atom stereocenters. The molecule has 0 saturated carbocycles. The molecular formula is C23H29N5O3. The predicted molar refractivity (Wildman–Crippen MR) is 122 cm³/mol. The summed E-state index contributed by atoms with van der Waals surface area (Å²) in [7, 11) is 7.35. The maximum atomic E-state index is 12.8. The third-order valence-corrected chi connectivity index (χ3v) is 4.75. The molecular weight excluding hydrogens is 394 g/mol. The number of urea groups is 1. The van der Waals surface area contributed by atoms with Gasteiger partial charge in [0, 0.05) is 31.9 Å². The number of methoxy groups -OCH3 is 1. The van der Waals surface area contributed by atoms with Gasteiger partial charge in [0.1, 0.15) is 18.1 Å². The number of likely N-dealkylation sites (N-methyl/N-ethyl adjacent to an activating group) is 1. The van der Waals surface area contributed by atoms with Crippen LogP contribution in [0.25, 0.3) is 11.1 Å². The lowest BCUT2D eigenvalue weighted by atomic mass is 10.1. The zero-order valence-electron chi connectivity index (χ0n) is 18.4. The molecule has 0 aliphatic rings. The molecule has 31 heavy (non-hydrogen) atoms. The molecule has 0 aliphatic heterocycles. The third kappa shape index (κ3) is 6.23. The Kier molecular flexibility index (Phi) is 7.50. The smallest absolute Gasteiger partial charge is 0.321 e. The van der Waals surface area contributed by atoms with Crippen LogP contribution in [0.4, 0.5) is 10.5 Å². The number of carbonyl (C=O) groups is 1. The molecule has 1 aromatic heterocycles. The van der Waals surface area contributed by atoms with Gasteiger partial charge in [0.05, 0.1) is 19.0 Å². The first kappa shape index (κ1) is 22.2. The van der Waals surface area contributed by atoms with Crippen molar-refractivity contribution in [3.63, 3.8) is 0 Å². The van der Waals surface area contributed by atoms with E-state index in [0.29, 0.717) is 24.6 Å². The highest BCUT2D eigenvalue weighted by Gasteiger charge is 2.14. The van der Waals surface area contributed by atoms with E-state index < -0.39 is 0 Å². The number of nitrogens with zero attached hydrogens (tertiary/aromatic N) is 3. The number of aromatic amines is 1. The highest BCUT2D eigenvalue weighted by atomic mass is 16.5. The molecule has 8 heteroatoms. The lowest BCUT2D eigenvalue weighted by Crippen LogP contribution is -2.31. The second-order valence-electron chi connectivity index (χ2n) is 7.49. The summed E-state index contributed by atoms with van der Waals surface area (Å²) < 4.78 is 11.3. The van der Waals surface area contributed by atoms with E-state index >= 15 is 0 Å². The van der Waals surface area contributed by atoms with Crippen LogP contribution < -0.4 is 14.8 Å². The lowest BCUT2D eigenvalue weighted by Gasteiger charge is -2.20. The van der Waals surface area contributed by atoms with Crippen LogP contribution in [-0.2, 0) is 6.54 Å². The van der Waals surface area contributed by atoms with Crippen LogP contribution in [-0.4, -0.2) is 67.4 Å². The number of ether oxygens (including phenoxy) is 2. The summed E-state index contributed by atoms with van der Waals surface area (Å²) >= 11 is 0. The molecule has 0 atom stereocenters. The van der Waals surface area contributed by atoms with Crippen LogP contribution in [0.15, 0.2) is 54.9 Å². The number of carbonyl (C=O) groups excluding carboxylic acids is 1. The summed E-state index contributed by atoms with van der Waals surface area (Å²) in [5.41, 5.74) is 3.50. The van der Waals surface area contributed by atoms with Crippen molar-refractivity contribution in [2.75, 3.05) is 46.7 Å².